The van der Waals surface area contributed by atoms with Gasteiger partial charge < -0.3 is 9.30 Å². The zero-order valence-electron chi connectivity index (χ0n) is 17.0. The van der Waals surface area contributed by atoms with Crippen LogP contribution in [0.4, 0.5) is 13.2 Å². The molecule has 0 aliphatic carbocycles. The van der Waals surface area contributed by atoms with E-state index >= 15 is 0 Å². The van der Waals surface area contributed by atoms with Crippen LogP contribution in [-0.2, 0) is 14.6 Å². The van der Waals surface area contributed by atoms with E-state index in [1.54, 1.807) is 42.7 Å². The maximum Gasteiger partial charge on any atom is 0.341 e. The molecule has 0 aliphatic heterocycles. The average molecular weight is 465 g/mol. The summed E-state index contributed by atoms with van der Waals surface area (Å²) in [7, 11) is -4.78. The number of carbonyl (C=O) groups is 2. The van der Waals surface area contributed by atoms with Gasteiger partial charge in [-0.1, -0.05) is 12.1 Å². The summed E-state index contributed by atoms with van der Waals surface area (Å²) in [5.41, 5.74) is 1.49. The number of carbonyl (C=O) groups excluding carboxylic acids is 2. The first kappa shape index (κ1) is 23.3. The van der Waals surface area contributed by atoms with Gasteiger partial charge in [0.05, 0.1) is 16.1 Å². The molecule has 168 valence electrons. The minimum Gasteiger partial charge on any atom is -0.454 e. The van der Waals surface area contributed by atoms with Gasteiger partial charge in [-0.15, -0.1) is 0 Å². The molecule has 0 radical (unpaired) electrons. The maximum absolute atomic E-state index is 14.2. The molecule has 0 spiro atoms. The minimum atomic E-state index is -4.78. The Balaban J connectivity index is 1.73. The maximum atomic E-state index is 14.2. The first-order valence-corrected chi connectivity index (χ1v) is 10.8. The van der Waals surface area contributed by atoms with Crippen molar-refractivity contribution in [2.75, 3.05) is 6.61 Å². The number of ether oxygens (including phenoxy) is 1. The van der Waals surface area contributed by atoms with Crippen molar-refractivity contribution in [1.29, 1.82) is 0 Å². The summed E-state index contributed by atoms with van der Waals surface area (Å²) in [6.45, 7) is 2.73. The van der Waals surface area contributed by atoms with Crippen molar-refractivity contribution in [2.45, 2.75) is 24.5 Å². The summed E-state index contributed by atoms with van der Waals surface area (Å²) < 4.78 is 68.8. The number of hydrogen-bond acceptors (Lipinski definition) is 5. The minimum absolute atomic E-state index is 0.108. The van der Waals surface area contributed by atoms with E-state index in [-0.39, 0.29) is 16.8 Å². The molecule has 3 aromatic rings. The fraction of sp³-hybridized carbons (Fsp3) is 0.182. The fourth-order valence-corrected chi connectivity index (χ4v) is 3.95. The molecule has 1 aromatic heterocycles. The quantitative estimate of drug-likeness (QED) is 0.385. The highest BCUT2D eigenvalue weighted by Gasteiger charge is 2.27. The molecule has 3 rings (SSSR count). The monoisotopic (exact) mass is 465 g/mol. The molecule has 0 amide bonds. The van der Waals surface area contributed by atoms with Crippen LogP contribution >= 0.6 is 0 Å². The van der Waals surface area contributed by atoms with Gasteiger partial charge in [-0.25, -0.2) is 17.6 Å². The molecule has 0 saturated carbocycles. The summed E-state index contributed by atoms with van der Waals surface area (Å²) in [6, 6.07) is 11.4. The molecule has 0 fully saturated rings. The molecule has 0 unspecified atom stereocenters. The summed E-state index contributed by atoms with van der Waals surface area (Å²) >= 11 is 0. The number of esters is 1. The van der Waals surface area contributed by atoms with Crippen molar-refractivity contribution >= 4 is 21.6 Å². The summed E-state index contributed by atoms with van der Waals surface area (Å²) in [4.78, 5) is 24.1. The molecule has 32 heavy (non-hydrogen) atoms. The Morgan fingerprint density at radius 1 is 1.03 bits per heavy atom. The van der Waals surface area contributed by atoms with Crippen LogP contribution in [0.15, 0.2) is 59.5 Å². The Morgan fingerprint density at radius 2 is 1.66 bits per heavy atom. The molecule has 0 bridgehead atoms. The Bertz CT molecular complexity index is 1280. The molecule has 0 atom stereocenters. The van der Waals surface area contributed by atoms with Crippen LogP contribution in [0.1, 0.15) is 32.1 Å². The lowest BCUT2D eigenvalue weighted by molar-refractivity contribution is 0.0474. The Labute approximate surface area is 182 Å². The van der Waals surface area contributed by atoms with Gasteiger partial charge in [0, 0.05) is 17.0 Å². The lowest BCUT2D eigenvalue weighted by atomic mass is 10.1. The summed E-state index contributed by atoms with van der Waals surface area (Å²) in [5.74, 6) is -5.49. The Kier molecular flexibility index (Phi) is 6.54. The first-order valence-electron chi connectivity index (χ1n) is 9.30. The normalized spacial score (nSPS) is 11.6. The first-order chi connectivity index (χ1) is 15.0. The Hall–Kier alpha value is -3.40. The van der Waals surface area contributed by atoms with Crippen LogP contribution in [0.5, 0.6) is 0 Å². The number of rotatable bonds is 7. The van der Waals surface area contributed by atoms with Crippen molar-refractivity contribution in [3.63, 3.8) is 0 Å². The van der Waals surface area contributed by atoms with Crippen LogP contribution in [0.3, 0.4) is 0 Å². The van der Waals surface area contributed by atoms with E-state index in [9.17, 15) is 31.2 Å². The van der Waals surface area contributed by atoms with Gasteiger partial charge in [-0.05, 0) is 56.3 Å². The molecular formula is C22H18F3NO5S. The van der Waals surface area contributed by atoms with Crippen LogP contribution in [0.2, 0.25) is 0 Å². The molecule has 0 saturated heterocycles. The zero-order valence-corrected chi connectivity index (χ0v) is 17.8. The molecule has 2 aromatic carbocycles. The van der Waals surface area contributed by atoms with Gasteiger partial charge in [0.2, 0.25) is 15.6 Å². The second kappa shape index (κ2) is 8.99. The molecule has 0 aliphatic rings. The predicted octanol–water partition coefficient (Wildman–Crippen LogP) is 4.27. The van der Waals surface area contributed by atoms with E-state index in [1.807, 2.05) is 0 Å². The number of sulfone groups is 1. The molecular weight excluding hydrogens is 447 g/mol. The molecule has 0 N–H and O–H groups in total. The summed E-state index contributed by atoms with van der Waals surface area (Å²) in [5, 5.41) is 0. The Morgan fingerprint density at radius 3 is 2.25 bits per heavy atom. The highest BCUT2D eigenvalue weighted by atomic mass is 32.2. The third kappa shape index (κ3) is 4.45. The van der Waals surface area contributed by atoms with Crippen molar-refractivity contribution in [3.05, 3.63) is 82.9 Å². The van der Waals surface area contributed by atoms with E-state index < -0.39 is 44.7 Å². The van der Waals surface area contributed by atoms with Gasteiger partial charge in [-0.3, -0.25) is 4.79 Å². The predicted molar refractivity (Wildman–Crippen MR) is 109 cm³/mol. The van der Waals surface area contributed by atoms with Crippen LogP contribution in [-0.4, -0.2) is 37.1 Å². The number of alkyl halides is 2. The second-order valence-electron chi connectivity index (χ2n) is 6.90. The number of para-hydroxylation sites is 1. The van der Waals surface area contributed by atoms with E-state index in [0.29, 0.717) is 11.4 Å². The number of hydrogen-bond donors (Lipinski definition) is 0. The highest BCUT2D eigenvalue weighted by Crippen LogP contribution is 2.23. The van der Waals surface area contributed by atoms with Crippen molar-refractivity contribution in [3.8, 4) is 5.69 Å². The largest absolute Gasteiger partial charge is 0.454 e. The number of halogens is 3. The number of aryl methyl sites for hydroxylation is 1. The van der Waals surface area contributed by atoms with Crippen molar-refractivity contribution in [1.82, 2.24) is 4.57 Å². The lowest BCUT2D eigenvalue weighted by Gasteiger charge is -2.11. The standard InChI is InChI=1S/C22H18F3NO5S/c1-13-11-17(14(2)26(13)19-6-4-3-5-18(19)23)20(27)12-31-21(28)15-7-9-16(10-8-15)32(29,30)22(24)25/h3-11,22H,12H2,1-2H3. The number of nitrogens with zero attached hydrogens (tertiary/aromatic N) is 1. The van der Waals surface area contributed by atoms with Crippen molar-refractivity contribution < 1.29 is 35.9 Å². The van der Waals surface area contributed by atoms with Gasteiger partial charge in [-0.2, -0.15) is 8.78 Å². The summed E-state index contributed by atoms with van der Waals surface area (Å²) in [6.07, 6.45) is 0. The number of aromatic nitrogens is 1. The number of benzene rings is 2. The van der Waals surface area contributed by atoms with E-state index in [4.69, 9.17) is 4.74 Å². The number of ketones is 1. The third-order valence-electron chi connectivity index (χ3n) is 4.81. The second-order valence-corrected chi connectivity index (χ2v) is 8.82. The van der Waals surface area contributed by atoms with Gasteiger partial charge >= 0.3 is 11.7 Å². The molecule has 10 heteroatoms. The van der Waals surface area contributed by atoms with E-state index in [0.717, 1.165) is 24.3 Å². The van der Waals surface area contributed by atoms with E-state index in [2.05, 4.69) is 0 Å². The fourth-order valence-electron chi connectivity index (χ4n) is 3.22. The topological polar surface area (TPSA) is 82.4 Å². The molecule has 6 nitrogen and oxygen atoms in total. The van der Waals surface area contributed by atoms with Crippen LogP contribution < -0.4 is 0 Å². The third-order valence-corrected chi connectivity index (χ3v) is 6.21. The highest BCUT2D eigenvalue weighted by molar-refractivity contribution is 7.91. The molecule has 1 heterocycles. The SMILES string of the molecule is Cc1cc(C(=O)COC(=O)c2ccc(S(=O)(=O)C(F)F)cc2)c(C)n1-c1ccccc1F. The lowest BCUT2D eigenvalue weighted by Crippen LogP contribution is -2.15. The van der Waals surface area contributed by atoms with E-state index in [1.165, 1.54) is 6.07 Å². The van der Waals surface area contributed by atoms with Crippen LogP contribution in [0.25, 0.3) is 5.69 Å². The van der Waals surface area contributed by atoms with Gasteiger partial charge in [0.1, 0.15) is 5.82 Å². The smallest absolute Gasteiger partial charge is 0.341 e. The average Bonchev–Trinajstić information content (AvgIpc) is 3.06. The van der Waals surface area contributed by atoms with Gasteiger partial charge in [0.25, 0.3) is 0 Å². The zero-order chi connectivity index (χ0) is 23.6. The number of Topliss-reactive ketones (excluding diaryl/α,β-unsaturated/α-hetero) is 1. The van der Waals surface area contributed by atoms with Crippen molar-refractivity contribution in [2.24, 2.45) is 0 Å². The van der Waals surface area contributed by atoms with Gasteiger partial charge in [0.15, 0.2) is 6.61 Å². The van der Waals surface area contributed by atoms with Crippen LogP contribution in [0, 0.1) is 19.7 Å².